The monoisotopic (exact) mass is 397 g/mol. The number of Topliss-reactive ketones (excluding diaryl/α,β-unsaturated/α-hetero) is 1. The van der Waals surface area contributed by atoms with Gasteiger partial charge in [0.1, 0.15) is 11.6 Å². The number of ketones is 1. The molecule has 1 amide bonds. The lowest BCUT2D eigenvalue weighted by molar-refractivity contribution is -0.120. The van der Waals surface area contributed by atoms with Gasteiger partial charge in [-0.15, -0.1) is 0 Å². The molecule has 1 atom stereocenters. The Morgan fingerprint density at radius 2 is 1.69 bits per heavy atom. The standard InChI is InChI=1S/C20H31NO3S2/c1-19(2,3)24-18(23)21-16(14-25-26-20(4,5)6)17(22)13-12-15-10-8-7-9-11-15/h7-11,16H,12-14H2,1-6H3,(H,21,23)/t16-/m0/s1. The van der Waals surface area contributed by atoms with Gasteiger partial charge in [0.2, 0.25) is 0 Å². The van der Waals surface area contributed by atoms with Crippen LogP contribution >= 0.6 is 21.6 Å². The molecule has 0 saturated carbocycles. The van der Waals surface area contributed by atoms with Crippen molar-refractivity contribution in [2.75, 3.05) is 5.75 Å². The second-order valence-electron chi connectivity index (χ2n) is 8.13. The van der Waals surface area contributed by atoms with Crippen molar-refractivity contribution < 1.29 is 14.3 Å². The Hall–Kier alpha value is -1.14. The summed E-state index contributed by atoms with van der Waals surface area (Å²) in [6, 6.07) is 9.35. The first kappa shape index (κ1) is 22.9. The number of aryl methyl sites for hydroxylation is 1. The van der Waals surface area contributed by atoms with Gasteiger partial charge in [-0.05, 0) is 32.8 Å². The summed E-state index contributed by atoms with van der Waals surface area (Å²) < 4.78 is 5.40. The van der Waals surface area contributed by atoms with Gasteiger partial charge in [-0.25, -0.2) is 4.79 Å². The average molecular weight is 398 g/mol. The highest BCUT2D eigenvalue weighted by Crippen LogP contribution is 2.35. The van der Waals surface area contributed by atoms with Crippen LogP contribution in [0, 0.1) is 0 Å². The van der Waals surface area contributed by atoms with Gasteiger partial charge in [-0.3, -0.25) is 4.79 Å². The lowest BCUT2D eigenvalue weighted by Gasteiger charge is -2.24. The van der Waals surface area contributed by atoms with Crippen molar-refractivity contribution in [3.8, 4) is 0 Å². The molecular formula is C20H31NO3S2. The molecule has 0 spiro atoms. The summed E-state index contributed by atoms with van der Waals surface area (Å²) in [6.07, 6.45) is 0.519. The van der Waals surface area contributed by atoms with Crippen LogP contribution in [0.4, 0.5) is 4.79 Å². The fourth-order valence-corrected chi connectivity index (χ4v) is 4.53. The van der Waals surface area contributed by atoms with Gasteiger partial charge in [0, 0.05) is 16.9 Å². The third-order valence-corrected chi connectivity index (χ3v) is 6.48. The third kappa shape index (κ3) is 10.8. The molecule has 6 heteroatoms. The summed E-state index contributed by atoms with van der Waals surface area (Å²) in [6.45, 7) is 11.8. The first-order valence-corrected chi connectivity index (χ1v) is 11.1. The highest BCUT2D eigenvalue weighted by atomic mass is 33.1. The van der Waals surface area contributed by atoms with Crippen molar-refractivity contribution in [3.05, 3.63) is 35.9 Å². The number of alkyl carbamates (subject to hydrolysis) is 1. The Labute approximate surface area is 165 Å². The van der Waals surface area contributed by atoms with Gasteiger partial charge < -0.3 is 10.1 Å². The van der Waals surface area contributed by atoms with Gasteiger partial charge in [0.25, 0.3) is 0 Å². The van der Waals surface area contributed by atoms with Gasteiger partial charge in [0.15, 0.2) is 5.78 Å². The fraction of sp³-hybridized carbons (Fsp3) is 0.600. The van der Waals surface area contributed by atoms with E-state index < -0.39 is 17.7 Å². The Bertz CT molecular complexity index is 577. The first-order valence-electron chi connectivity index (χ1n) is 8.83. The molecule has 0 bridgehead atoms. The predicted molar refractivity (Wildman–Crippen MR) is 113 cm³/mol. The first-order chi connectivity index (χ1) is 12.0. The van der Waals surface area contributed by atoms with Crippen molar-refractivity contribution in [1.29, 1.82) is 0 Å². The number of amides is 1. The van der Waals surface area contributed by atoms with E-state index in [9.17, 15) is 9.59 Å². The smallest absolute Gasteiger partial charge is 0.408 e. The van der Waals surface area contributed by atoms with E-state index in [1.165, 1.54) is 0 Å². The van der Waals surface area contributed by atoms with E-state index in [2.05, 4.69) is 26.1 Å². The second kappa shape index (κ2) is 10.3. The molecule has 0 saturated heterocycles. The summed E-state index contributed by atoms with van der Waals surface area (Å²) in [7, 11) is 3.31. The van der Waals surface area contributed by atoms with Crippen molar-refractivity contribution in [2.24, 2.45) is 0 Å². The summed E-state index contributed by atoms with van der Waals surface area (Å²) in [4.78, 5) is 24.8. The summed E-state index contributed by atoms with van der Waals surface area (Å²) >= 11 is 0. The van der Waals surface area contributed by atoms with Gasteiger partial charge >= 0.3 is 6.09 Å². The van der Waals surface area contributed by atoms with Crippen molar-refractivity contribution in [2.45, 2.75) is 70.8 Å². The molecule has 1 rings (SSSR count). The van der Waals surface area contributed by atoms with E-state index >= 15 is 0 Å². The van der Waals surface area contributed by atoms with E-state index in [4.69, 9.17) is 4.74 Å². The highest BCUT2D eigenvalue weighted by Gasteiger charge is 2.25. The lowest BCUT2D eigenvalue weighted by atomic mass is 10.0. The number of hydrogen-bond donors (Lipinski definition) is 1. The van der Waals surface area contributed by atoms with E-state index in [1.807, 2.05) is 51.1 Å². The molecule has 0 heterocycles. The van der Waals surface area contributed by atoms with Crippen molar-refractivity contribution in [1.82, 2.24) is 5.32 Å². The SMILES string of the molecule is CC(C)(C)OC(=O)N[C@@H](CSSC(C)(C)C)C(=O)CCc1ccccc1. The van der Waals surface area contributed by atoms with Gasteiger partial charge in [-0.1, -0.05) is 72.7 Å². The number of rotatable bonds is 8. The van der Waals surface area contributed by atoms with Crippen LogP contribution in [0.25, 0.3) is 0 Å². The third-order valence-electron chi connectivity index (χ3n) is 3.13. The summed E-state index contributed by atoms with van der Waals surface area (Å²) in [5.74, 6) is 0.552. The fourth-order valence-electron chi connectivity index (χ4n) is 2.03. The zero-order valence-corrected chi connectivity index (χ0v) is 18.3. The van der Waals surface area contributed by atoms with Crippen LogP contribution in [0.15, 0.2) is 30.3 Å². The Kier molecular flexibility index (Phi) is 9.04. The topological polar surface area (TPSA) is 55.4 Å². The molecule has 1 N–H and O–H groups in total. The Morgan fingerprint density at radius 1 is 1.08 bits per heavy atom. The van der Waals surface area contributed by atoms with Crippen molar-refractivity contribution in [3.63, 3.8) is 0 Å². The molecule has 4 nitrogen and oxygen atoms in total. The minimum atomic E-state index is -0.588. The van der Waals surface area contributed by atoms with E-state index in [1.54, 1.807) is 21.6 Å². The number of benzene rings is 1. The molecule has 1 aromatic carbocycles. The van der Waals surface area contributed by atoms with Gasteiger partial charge in [-0.2, -0.15) is 0 Å². The molecule has 0 fully saturated rings. The van der Waals surface area contributed by atoms with Crippen LogP contribution in [0.1, 0.15) is 53.5 Å². The largest absolute Gasteiger partial charge is 0.444 e. The van der Waals surface area contributed by atoms with Crippen LogP contribution < -0.4 is 5.32 Å². The van der Waals surface area contributed by atoms with Crippen LogP contribution in [-0.2, 0) is 16.0 Å². The normalized spacial score (nSPS) is 13.2. The highest BCUT2D eigenvalue weighted by molar-refractivity contribution is 8.77. The molecule has 0 unspecified atom stereocenters. The van der Waals surface area contributed by atoms with Gasteiger partial charge in [0.05, 0.1) is 0 Å². The lowest BCUT2D eigenvalue weighted by Crippen LogP contribution is -2.45. The number of carbonyl (C=O) groups is 2. The zero-order valence-electron chi connectivity index (χ0n) is 16.6. The molecule has 1 aromatic rings. The number of hydrogen-bond acceptors (Lipinski definition) is 5. The second-order valence-corrected chi connectivity index (χ2v) is 11.3. The van der Waals surface area contributed by atoms with Crippen LogP contribution in [0.5, 0.6) is 0 Å². The van der Waals surface area contributed by atoms with E-state index in [0.717, 1.165) is 5.56 Å². The van der Waals surface area contributed by atoms with Crippen LogP contribution in [0.2, 0.25) is 0 Å². The molecule has 146 valence electrons. The molecule has 0 radical (unpaired) electrons. The number of carbonyl (C=O) groups excluding carboxylic acids is 2. The molecule has 26 heavy (non-hydrogen) atoms. The summed E-state index contributed by atoms with van der Waals surface area (Å²) in [5, 5.41) is 2.75. The quantitative estimate of drug-likeness (QED) is 0.606. The molecule has 0 aromatic heterocycles. The predicted octanol–water partition coefficient (Wildman–Crippen LogP) is 5.26. The maximum absolute atomic E-state index is 12.7. The van der Waals surface area contributed by atoms with Crippen LogP contribution in [-0.4, -0.2) is 34.0 Å². The molecule has 0 aliphatic rings. The molecular weight excluding hydrogens is 366 g/mol. The zero-order chi connectivity index (χ0) is 19.8. The molecule has 0 aliphatic heterocycles. The van der Waals surface area contributed by atoms with E-state index in [-0.39, 0.29) is 10.5 Å². The number of nitrogens with one attached hydrogen (secondary N) is 1. The maximum atomic E-state index is 12.7. The minimum Gasteiger partial charge on any atom is -0.444 e. The van der Waals surface area contributed by atoms with Crippen molar-refractivity contribution >= 4 is 33.5 Å². The Morgan fingerprint density at radius 3 is 2.23 bits per heavy atom. The minimum absolute atomic E-state index is 0.0294. The van der Waals surface area contributed by atoms with Crippen LogP contribution in [0.3, 0.4) is 0 Å². The average Bonchev–Trinajstić information content (AvgIpc) is 2.49. The van der Waals surface area contributed by atoms with E-state index in [0.29, 0.717) is 18.6 Å². The maximum Gasteiger partial charge on any atom is 0.408 e. The Balaban J connectivity index is 2.65. The summed E-state index contributed by atoms with van der Waals surface area (Å²) in [5.41, 5.74) is 0.531. The number of ether oxygens (including phenoxy) is 1. The molecule has 0 aliphatic carbocycles.